The first-order valence-electron chi connectivity index (χ1n) is 7.24. The minimum atomic E-state index is -0.700. The molecule has 0 atom stereocenters. The number of nitriles is 2. The van der Waals surface area contributed by atoms with E-state index in [9.17, 15) is 20.4 Å². The summed E-state index contributed by atoms with van der Waals surface area (Å²) in [7, 11) is 1.41. The van der Waals surface area contributed by atoms with Crippen LogP contribution in [0.5, 0.6) is 5.75 Å². The number of carbonyl (C=O) groups excluding carboxylic acids is 1. The molecule has 7 heteroatoms. The molecule has 0 heterocycles. The Balaban J connectivity index is 2.82. The summed E-state index contributed by atoms with van der Waals surface area (Å²) >= 11 is 0. The molecule has 25 heavy (non-hydrogen) atoms. The minimum Gasteiger partial charge on any atom is -0.507 e. The zero-order chi connectivity index (χ0) is 18.6. The average molecular weight is 333 g/mol. The third kappa shape index (κ3) is 3.26. The predicted molar refractivity (Wildman–Crippen MR) is 92.7 cm³/mol. The van der Waals surface area contributed by atoms with E-state index >= 15 is 0 Å². The molecule has 4 N–H and O–H groups in total. The topological polar surface area (TPSA) is 135 Å². The standard InChI is InChI=1S/C18H15N5O2/c1-10-11(8-19)4-3-5-13(10)15-12(9-20)6-7-14(24)16(15)17(25)23-18(21)22-2/h3-7,24H,1-2H3,(H3,21,22,23,25). The molecule has 0 radical (unpaired) electrons. The molecular formula is C18H15N5O2. The summed E-state index contributed by atoms with van der Waals surface area (Å²) in [6, 6.07) is 11.7. The molecule has 0 bridgehead atoms. The van der Waals surface area contributed by atoms with Gasteiger partial charge in [0.2, 0.25) is 0 Å². The maximum absolute atomic E-state index is 12.6. The third-order valence-electron chi connectivity index (χ3n) is 3.74. The SMILES string of the molecule is CN=C(N)NC(=O)c1c(O)ccc(C#N)c1-c1cccc(C#N)c1C. The number of guanidine groups is 1. The van der Waals surface area contributed by atoms with Crippen LogP contribution in [0.2, 0.25) is 0 Å². The van der Waals surface area contributed by atoms with Crippen molar-refractivity contribution in [3.8, 4) is 29.0 Å². The highest BCUT2D eigenvalue weighted by Gasteiger charge is 2.23. The minimum absolute atomic E-state index is 0.108. The first-order chi connectivity index (χ1) is 11.9. The van der Waals surface area contributed by atoms with Crippen molar-refractivity contribution in [1.82, 2.24) is 5.32 Å². The van der Waals surface area contributed by atoms with Crippen LogP contribution in [0.4, 0.5) is 0 Å². The predicted octanol–water partition coefficient (Wildman–Crippen LogP) is 1.79. The number of phenolic OH excluding ortho intramolecular Hbond substituents is 1. The second kappa shape index (κ2) is 7.16. The largest absolute Gasteiger partial charge is 0.507 e. The molecule has 2 aromatic rings. The fourth-order valence-electron chi connectivity index (χ4n) is 2.46. The molecule has 2 aromatic carbocycles. The van der Waals surface area contributed by atoms with Gasteiger partial charge in [-0.3, -0.25) is 15.1 Å². The lowest BCUT2D eigenvalue weighted by molar-refractivity contribution is 0.0974. The lowest BCUT2D eigenvalue weighted by Crippen LogP contribution is -2.37. The normalized spacial score (nSPS) is 10.6. The van der Waals surface area contributed by atoms with Crippen molar-refractivity contribution in [2.75, 3.05) is 7.05 Å². The van der Waals surface area contributed by atoms with E-state index in [1.807, 2.05) is 6.07 Å². The zero-order valence-corrected chi connectivity index (χ0v) is 13.7. The third-order valence-corrected chi connectivity index (χ3v) is 3.74. The average Bonchev–Trinajstić information content (AvgIpc) is 2.61. The molecule has 0 spiro atoms. The fourth-order valence-corrected chi connectivity index (χ4v) is 2.46. The number of phenols is 1. The number of carbonyl (C=O) groups is 1. The molecule has 0 fully saturated rings. The summed E-state index contributed by atoms with van der Waals surface area (Å²) < 4.78 is 0. The van der Waals surface area contributed by atoms with Gasteiger partial charge in [-0.15, -0.1) is 0 Å². The first kappa shape index (κ1) is 17.5. The Morgan fingerprint density at radius 3 is 2.48 bits per heavy atom. The Hall–Kier alpha value is -3.84. The van der Waals surface area contributed by atoms with Crippen LogP contribution in [0.25, 0.3) is 11.1 Å². The molecule has 0 saturated heterocycles. The second-order valence-electron chi connectivity index (χ2n) is 5.15. The van der Waals surface area contributed by atoms with Gasteiger partial charge in [0.1, 0.15) is 5.75 Å². The molecule has 0 aliphatic rings. The highest BCUT2D eigenvalue weighted by atomic mass is 16.3. The van der Waals surface area contributed by atoms with Gasteiger partial charge in [-0.2, -0.15) is 10.5 Å². The quantitative estimate of drug-likeness (QED) is 0.568. The molecule has 124 valence electrons. The Bertz CT molecular complexity index is 965. The number of aliphatic imine (C=N–C) groups is 1. The van der Waals surface area contributed by atoms with Gasteiger partial charge in [0, 0.05) is 12.6 Å². The van der Waals surface area contributed by atoms with E-state index < -0.39 is 5.91 Å². The number of nitrogens with two attached hydrogens (primary N) is 1. The van der Waals surface area contributed by atoms with E-state index in [1.54, 1.807) is 25.1 Å². The van der Waals surface area contributed by atoms with Gasteiger partial charge >= 0.3 is 0 Å². The summed E-state index contributed by atoms with van der Waals surface area (Å²) in [4.78, 5) is 16.2. The van der Waals surface area contributed by atoms with Crippen LogP contribution >= 0.6 is 0 Å². The first-order valence-corrected chi connectivity index (χ1v) is 7.24. The number of aromatic hydroxyl groups is 1. The number of rotatable bonds is 2. The highest BCUT2D eigenvalue weighted by Crippen LogP contribution is 2.36. The summed E-state index contributed by atoms with van der Waals surface area (Å²) in [5.41, 5.74) is 7.35. The number of nitrogens with one attached hydrogen (secondary N) is 1. The van der Waals surface area contributed by atoms with Gasteiger partial charge in [0.25, 0.3) is 5.91 Å². The summed E-state index contributed by atoms with van der Waals surface area (Å²) in [6.45, 7) is 1.71. The zero-order valence-electron chi connectivity index (χ0n) is 13.7. The summed E-state index contributed by atoms with van der Waals surface area (Å²) in [5.74, 6) is -1.13. The second-order valence-corrected chi connectivity index (χ2v) is 5.15. The molecule has 0 saturated carbocycles. The molecule has 1 amide bonds. The number of hydrogen-bond donors (Lipinski definition) is 3. The van der Waals surface area contributed by atoms with Gasteiger partial charge in [-0.05, 0) is 36.2 Å². The Labute approximate surface area is 144 Å². The van der Waals surface area contributed by atoms with Gasteiger partial charge in [-0.1, -0.05) is 12.1 Å². The molecule has 2 rings (SSSR count). The molecule has 0 aromatic heterocycles. The molecule has 0 aliphatic heterocycles. The van der Waals surface area contributed by atoms with Gasteiger partial charge in [0.15, 0.2) is 5.96 Å². The maximum Gasteiger partial charge on any atom is 0.262 e. The van der Waals surface area contributed by atoms with E-state index in [1.165, 1.54) is 19.2 Å². The van der Waals surface area contributed by atoms with Crippen LogP contribution < -0.4 is 11.1 Å². The molecule has 0 aliphatic carbocycles. The lowest BCUT2D eigenvalue weighted by Gasteiger charge is -2.15. The fraction of sp³-hybridized carbons (Fsp3) is 0.111. The van der Waals surface area contributed by atoms with Crippen molar-refractivity contribution in [3.05, 3.63) is 52.6 Å². The number of hydrogen-bond acceptors (Lipinski definition) is 5. The molecule has 7 nitrogen and oxygen atoms in total. The van der Waals surface area contributed by atoms with Gasteiger partial charge in [-0.25, -0.2) is 0 Å². The van der Waals surface area contributed by atoms with E-state index in [0.29, 0.717) is 16.7 Å². The monoisotopic (exact) mass is 333 g/mol. The van der Waals surface area contributed by atoms with Crippen molar-refractivity contribution in [2.45, 2.75) is 6.92 Å². The van der Waals surface area contributed by atoms with Crippen LogP contribution in [0.1, 0.15) is 27.0 Å². The van der Waals surface area contributed by atoms with Crippen LogP contribution in [0.15, 0.2) is 35.3 Å². The van der Waals surface area contributed by atoms with Crippen molar-refractivity contribution >= 4 is 11.9 Å². The van der Waals surface area contributed by atoms with Crippen molar-refractivity contribution in [1.29, 1.82) is 10.5 Å². The van der Waals surface area contributed by atoms with Crippen LogP contribution in [0.3, 0.4) is 0 Å². The Morgan fingerprint density at radius 2 is 1.88 bits per heavy atom. The van der Waals surface area contributed by atoms with Crippen molar-refractivity contribution in [2.24, 2.45) is 10.7 Å². The smallest absolute Gasteiger partial charge is 0.262 e. The molecule has 0 unspecified atom stereocenters. The van der Waals surface area contributed by atoms with Crippen LogP contribution in [0, 0.1) is 29.6 Å². The Kier molecular flexibility index (Phi) is 5.01. The van der Waals surface area contributed by atoms with Crippen molar-refractivity contribution in [3.63, 3.8) is 0 Å². The maximum atomic E-state index is 12.6. The number of benzene rings is 2. The number of amides is 1. The van der Waals surface area contributed by atoms with Crippen molar-refractivity contribution < 1.29 is 9.90 Å². The van der Waals surface area contributed by atoms with Crippen LogP contribution in [-0.2, 0) is 0 Å². The van der Waals surface area contributed by atoms with Crippen LogP contribution in [-0.4, -0.2) is 24.0 Å². The highest BCUT2D eigenvalue weighted by molar-refractivity contribution is 6.11. The Morgan fingerprint density at radius 1 is 1.20 bits per heavy atom. The summed E-state index contributed by atoms with van der Waals surface area (Å²) in [5, 5.41) is 31.3. The van der Waals surface area contributed by atoms with E-state index in [-0.39, 0.29) is 28.4 Å². The summed E-state index contributed by atoms with van der Waals surface area (Å²) in [6.07, 6.45) is 0. The lowest BCUT2D eigenvalue weighted by atomic mass is 9.89. The van der Waals surface area contributed by atoms with Gasteiger partial charge < -0.3 is 10.8 Å². The van der Waals surface area contributed by atoms with E-state index in [4.69, 9.17) is 5.73 Å². The van der Waals surface area contributed by atoms with E-state index in [2.05, 4.69) is 16.4 Å². The number of nitrogens with zero attached hydrogens (tertiary/aromatic N) is 3. The molecular weight excluding hydrogens is 318 g/mol. The van der Waals surface area contributed by atoms with Gasteiger partial charge in [0.05, 0.1) is 28.8 Å². The van der Waals surface area contributed by atoms with E-state index in [0.717, 1.165) is 0 Å².